The van der Waals surface area contributed by atoms with Crippen LogP contribution in [0.3, 0.4) is 0 Å². The van der Waals surface area contributed by atoms with Gasteiger partial charge in [0.25, 0.3) is 0 Å². The Morgan fingerprint density at radius 1 is 1.89 bits per heavy atom. The van der Waals surface area contributed by atoms with Crippen molar-refractivity contribution in [1.29, 1.82) is 0 Å². The van der Waals surface area contributed by atoms with Gasteiger partial charge in [-0.1, -0.05) is 0 Å². The summed E-state index contributed by atoms with van der Waals surface area (Å²) >= 11 is 0. The summed E-state index contributed by atoms with van der Waals surface area (Å²) in [5.74, 6) is -0.281. The van der Waals surface area contributed by atoms with Gasteiger partial charge >= 0.3 is 5.97 Å². The van der Waals surface area contributed by atoms with Crippen LogP contribution in [0.15, 0.2) is 12.2 Å². The minimum Gasteiger partial charge on any atom is -0.452 e. The Labute approximate surface area is 53.3 Å². The highest BCUT2D eigenvalue weighted by Crippen LogP contribution is 2.03. The Kier molecular flexibility index (Phi) is 1.85. The topological polar surface area (TPSA) is 35.5 Å². The monoisotopic (exact) mass is 128 g/mol. The largest absolute Gasteiger partial charge is 0.452 e. The fourth-order valence-corrected chi connectivity index (χ4v) is 0.667. The van der Waals surface area contributed by atoms with Crippen molar-refractivity contribution in [2.24, 2.45) is 0 Å². The quantitative estimate of drug-likeness (QED) is 0.495. The van der Waals surface area contributed by atoms with Crippen LogP contribution in [-0.4, -0.2) is 25.8 Å². The maximum Gasteiger partial charge on any atom is 0.331 e. The molecule has 0 aromatic rings. The molecule has 0 fully saturated rings. The summed E-state index contributed by atoms with van der Waals surface area (Å²) in [4.78, 5) is 10.4. The number of ether oxygens (including phenoxy) is 2. The van der Waals surface area contributed by atoms with Crippen molar-refractivity contribution in [1.82, 2.24) is 0 Å². The second-order valence-electron chi connectivity index (χ2n) is 1.79. The van der Waals surface area contributed by atoms with Crippen molar-refractivity contribution in [3.05, 3.63) is 12.2 Å². The van der Waals surface area contributed by atoms with Crippen LogP contribution in [0.4, 0.5) is 0 Å². The van der Waals surface area contributed by atoms with Gasteiger partial charge in [-0.25, -0.2) is 4.79 Å². The van der Waals surface area contributed by atoms with Gasteiger partial charge in [0.2, 0.25) is 0 Å². The molecule has 3 nitrogen and oxygen atoms in total. The summed E-state index contributed by atoms with van der Waals surface area (Å²) in [5.41, 5.74) is 0. The molecular formula is C6H8O3. The van der Waals surface area contributed by atoms with Gasteiger partial charge in [0.1, 0.15) is 6.10 Å². The van der Waals surface area contributed by atoms with Crippen LogP contribution in [0.2, 0.25) is 0 Å². The fraction of sp³-hybridized carbons (Fsp3) is 0.500. The van der Waals surface area contributed by atoms with E-state index in [0.29, 0.717) is 6.61 Å². The first-order valence-corrected chi connectivity index (χ1v) is 2.70. The van der Waals surface area contributed by atoms with Crippen LogP contribution < -0.4 is 0 Å². The molecule has 0 aliphatic carbocycles. The first-order valence-electron chi connectivity index (χ1n) is 2.70. The Hall–Kier alpha value is -0.830. The number of esters is 1. The van der Waals surface area contributed by atoms with E-state index in [1.165, 1.54) is 6.08 Å². The van der Waals surface area contributed by atoms with Crippen molar-refractivity contribution in [2.45, 2.75) is 6.10 Å². The van der Waals surface area contributed by atoms with E-state index in [4.69, 9.17) is 9.47 Å². The van der Waals surface area contributed by atoms with Crippen molar-refractivity contribution < 1.29 is 14.3 Å². The Balaban J connectivity index is 2.32. The SMILES string of the molecule is COCC1C=CC(=O)O1. The molecule has 9 heavy (non-hydrogen) atoms. The minimum atomic E-state index is -0.281. The first-order chi connectivity index (χ1) is 4.33. The van der Waals surface area contributed by atoms with Crippen LogP contribution in [-0.2, 0) is 14.3 Å². The molecule has 0 amide bonds. The van der Waals surface area contributed by atoms with Crippen molar-refractivity contribution in [3.8, 4) is 0 Å². The number of rotatable bonds is 2. The van der Waals surface area contributed by atoms with Gasteiger partial charge in [0, 0.05) is 13.2 Å². The minimum absolute atomic E-state index is 0.164. The summed E-state index contributed by atoms with van der Waals surface area (Å²) in [5, 5.41) is 0. The highest BCUT2D eigenvalue weighted by Gasteiger charge is 2.14. The van der Waals surface area contributed by atoms with Gasteiger partial charge in [-0.05, 0) is 6.08 Å². The van der Waals surface area contributed by atoms with E-state index < -0.39 is 0 Å². The Morgan fingerprint density at radius 2 is 2.67 bits per heavy atom. The maximum atomic E-state index is 10.4. The average molecular weight is 128 g/mol. The molecule has 1 unspecified atom stereocenters. The van der Waals surface area contributed by atoms with Gasteiger partial charge in [0.15, 0.2) is 0 Å². The zero-order valence-electron chi connectivity index (χ0n) is 5.16. The molecule has 1 rings (SSSR count). The molecule has 1 aliphatic rings. The molecule has 0 N–H and O–H groups in total. The van der Waals surface area contributed by atoms with E-state index in [1.807, 2.05) is 0 Å². The number of hydrogen-bond acceptors (Lipinski definition) is 3. The lowest BCUT2D eigenvalue weighted by Crippen LogP contribution is -2.13. The molecule has 3 heteroatoms. The molecule has 1 aliphatic heterocycles. The van der Waals surface area contributed by atoms with Crippen LogP contribution in [0.1, 0.15) is 0 Å². The number of cyclic esters (lactones) is 1. The third-order valence-electron chi connectivity index (χ3n) is 1.05. The predicted molar refractivity (Wildman–Crippen MR) is 30.9 cm³/mol. The number of carbonyl (C=O) groups is 1. The maximum absolute atomic E-state index is 10.4. The van der Waals surface area contributed by atoms with E-state index in [2.05, 4.69) is 0 Å². The van der Waals surface area contributed by atoms with E-state index in [9.17, 15) is 4.79 Å². The predicted octanol–water partition coefficient (Wildman–Crippen LogP) is 0.114. The number of carbonyl (C=O) groups excluding carboxylic acids is 1. The average Bonchev–Trinajstić information content (AvgIpc) is 2.17. The third kappa shape index (κ3) is 1.54. The molecule has 0 radical (unpaired) electrons. The molecular weight excluding hydrogens is 120 g/mol. The van der Waals surface area contributed by atoms with Gasteiger partial charge in [-0.3, -0.25) is 0 Å². The molecule has 0 aromatic carbocycles. The molecule has 1 atom stereocenters. The molecule has 1 heterocycles. The van der Waals surface area contributed by atoms with Gasteiger partial charge in [0.05, 0.1) is 6.61 Å². The molecule has 0 aromatic heterocycles. The van der Waals surface area contributed by atoms with Crippen LogP contribution in [0, 0.1) is 0 Å². The summed E-state index contributed by atoms with van der Waals surface area (Å²) in [6.07, 6.45) is 2.93. The molecule has 0 saturated heterocycles. The lowest BCUT2D eigenvalue weighted by atomic mass is 10.4. The standard InChI is InChI=1S/C6H8O3/c1-8-4-5-2-3-6(7)9-5/h2-3,5H,4H2,1H3. The highest BCUT2D eigenvalue weighted by atomic mass is 16.6. The van der Waals surface area contributed by atoms with Crippen molar-refractivity contribution >= 4 is 5.97 Å². The lowest BCUT2D eigenvalue weighted by Gasteiger charge is -2.04. The second kappa shape index (κ2) is 2.64. The smallest absolute Gasteiger partial charge is 0.331 e. The second-order valence-corrected chi connectivity index (χ2v) is 1.79. The normalized spacial score (nSPS) is 24.6. The summed E-state index contributed by atoms with van der Waals surface area (Å²) < 4.78 is 9.47. The van der Waals surface area contributed by atoms with Crippen LogP contribution >= 0.6 is 0 Å². The highest BCUT2D eigenvalue weighted by molar-refractivity contribution is 5.84. The Bertz CT molecular complexity index is 139. The van der Waals surface area contributed by atoms with Crippen LogP contribution in [0.25, 0.3) is 0 Å². The Morgan fingerprint density at radius 3 is 3.11 bits per heavy atom. The van der Waals surface area contributed by atoms with Crippen molar-refractivity contribution in [3.63, 3.8) is 0 Å². The first kappa shape index (κ1) is 6.29. The third-order valence-corrected chi connectivity index (χ3v) is 1.05. The summed E-state index contributed by atoms with van der Waals surface area (Å²) in [7, 11) is 1.57. The number of methoxy groups -OCH3 is 1. The number of hydrogen-bond donors (Lipinski definition) is 0. The molecule has 0 spiro atoms. The van der Waals surface area contributed by atoms with Gasteiger partial charge in [-0.2, -0.15) is 0 Å². The molecule has 0 saturated carbocycles. The fourth-order valence-electron chi connectivity index (χ4n) is 0.667. The summed E-state index contributed by atoms with van der Waals surface area (Å²) in [6.45, 7) is 0.447. The van der Waals surface area contributed by atoms with Gasteiger partial charge in [-0.15, -0.1) is 0 Å². The molecule has 50 valence electrons. The van der Waals surface area contributed by atoms with E-state index in [-0.39, 0.29) is 12.1 Å². The van der Waals surface area contributed by atoms with Crippen molar-refractivity contribution in [2.75, 3.05) is 13.7 Å². The lowest BCUT2D eigenvalue weighted by molar-refractivity contribution is -0.140. The van der Waals surface area contributed by atoms with Gasteiger partial charge < -0.3 is 9.47 Å². The van der Waals surface area contributed by atoms with E-state index in [0.717, 1.165) is 0 Å². The zero-order valence-corrected chi connectivity index (χ0v) is 5.16. The van der Waals surface area contributed by atoms with E-state index in [1.54, 1.807) is 13.2 Å². The van der Waals surface area contributed by atoms with Crippen LogP contribution in [0.5, 0.6) is 0 Å². The van der Waals surface area contributed by atoms with E-state index >= 15 is 0 Å². The zero-order chi connectivity index (χ0) is 6.69. The summed E-state index contributed by atoms with van der Waals surface area (Å²) in [6, 6.07) is 0. The molecule has 0 bridgehead atoms.